The van der Waals surface area contributed by atoms with Crippen molar-refractivity contribution in [2.24, 2.45) is 0 Å². The summed E-state index contributed by atoms with van der Waals surface area (Å²) in [5.74, 6) is 0.523. The van der Waals surface area contributed by atoms with Gasteiger partial charge in [-0.1, -0.05) is 0 Å². The number of halogens is 4. The molecule has 0 aliphatic rings. The van der Waals surface area contributed by atoms with Crippen LogP contribution < -0.4 is 5.32 Å². The third kappa shape index (κ3) is 3.16. The van der Waals surface area contributed by atoms with Gasteiger partial charge in [-0.15, -0.1) is 0 Å². The van der Waals surface area contributed by atoms with E-state index in [1.807, 2.05) is 13.0 Å². The Balaban J connectivity index is 2.13. The van der Waals surface area contributed by atoms with E-state index in [0.717, 1.165) is 21.5 Å². The molecule has 0 aliphatic heterocycles. The van der Waals surface area contributed by atoms with Crippen LogP contribution >= 0.6 is 47.8 Å². The van der Waals surface area contributed by atoms with Gasteiger partial charge >= 0.3 is 0 Å². The highest BCUT2D eigenvalue weighted by Gasteiger charge is 2.08. The molecule has 0 aliphatic carbocycles. The molecule has 18 heavy (non-hydrogen) atoms. The first-order valence-electron chi connectivity index (χ1n) is 5.10. The topological polar surface area (TPSA) is 25.2 Å². The number of anilines is 1. The molecule has 0 saturated carbocycles. The largest absolute Gasteiger partial charge is 0.451 e. The van der Waals surface area contributed by atoms with Crippen LogP contribution in [0.5, 0.6) is 0 Å². The molecule has 0 fully saturated rings. The van der Waals surface area contributed by atoms with Gasteiger partial charge in [-0.05, 0) is 78.5 Å². The van der Waals surface area contributed by atoms with Crippen molar-refractivity contribution < 1.29 is 8.81 Å². The maximum absolute atomic E-state index is 13.3. The fourth-order valence-electron chi connectivity index (χ4n) is 1.50. The van der Waals surface area contributed by atoms with Gasteiger partial charge in [0, 0.05) is 5.69 Å². The second-order valence-electron chi connectivity index (χ2n) is 3.77. The molecule has 0 bridgehead atoms. The Labute approximate surface area is 129 Å². The molecule has 0 amide bonds. The lowest BCUT2D eigenvalue weighted by Gasteiger charge is -2.09. The average molecular weight is 442 g/mol. The Bertz CT molecular complexity index is 563. The minimum Gasteiger partial charge on any atom is -0.451 e. The number of furan rings is 1. The zero-order chi connectivity index (χ0) is 13.3. The van der Waals surface area contributed by atoms with Gasteiger partial charge in [-0.3, -0.25) is 0 Å². The number of hydrogen-bond donors (Lipinski definition) is 1. The highest BCUT2D eigenvalue weighted by molar-refractivity contribution is 9.13. The Morgan fingerprint density at radius 1 is 1.17 bits per heavy atom. The lowest BCUT2D eigenvalue weighted by molar-refractivity contribution is 0.494. The van der Waals surface area contributed by atoms with Gasteiger partial charge in [0.1, 0.15) is 11.6 Å². The van der Waals surface area contributed by atoms with Crippen LogP contribution in [0.4, 0.5) is 10.1 Å². The quantitative estimate of drug-likeness (QED) is 0.668. The van der Waals surface area contributed by atoms with Crippen molar-refractivity contribution in [1.82, 2.24) is 0 Å². The predicted octanol–water partition coefficient (Wildman–Crippen LogP) is 5.63. The van der Waals surface area contributed by atoms with Crippen molar-refractivity contribution in [3.63, 3.8) is 0 Å². The lowest BCUT2D eigenvalue weighted by atomic mass is 10.2. The van der Waals surface area contributed by atoms with Gasteiger partial charge in [0.25, 0.3) is 0 Å². The first kappa shape index (κ1) is 14.1. The predicted molar refractivity (Wildman–Crippen MR) is 80.3 cm³/mol. The van der Waals surface area contributed by atoms with Crippen LogP contribution in [0.15, 0.2) is 36.2 Å². The SMILES string of the molecule is Cc1cc(F)c(Br)cc1NCc1cc(Br)c(Br)o1. The molecule has 6 heteroatoms. The maximum Gasteiger partial charge on any atom is 0.183 e. The standard InChI is InChI=1S/C12H9Br3FNO/c1-6-2-10(16)8(13)4-11(6)17-5-7-3-9(14)12(15)18-7/h2-4,17H,5H2,1H3. The van der Waals surface area contributed by atoms with Gasteiger partial charge < -0.3 is 9.73 Å². The Morgan fingerprint density at radius 3 is 2.50 bits per heavy atom. The van der Waals surface area contributed by atoms with E-state index in [1.165, 1.54) is 6.07 Å². The minimum atomic E-state index is -0.262. The van der Waals surface area contributed by atoms with Gasteiger partial charge in [0.05, 0.1) is 15.5 Å². The highest BCUT2D eigenvalue weighted by atomic mass is 79.9. The van der Waals surface area contributed by atoms with Gasteiger partial charge in [-0.25, -0.2) is 4.39 Å². The fourth-order valence-corrected chi connectivity index (χ4v) is 2.50. The molecule has 0 radical (unpaired) electrons. The molecule has 1 aromatic heterocycles. The summed E-state index contributed by atoms with van der Waals surface area (Å²) in [6.45, 7) is 2.38. The van der Waals surface area contributed by atoms with Crippen molar-refractivity contribution >= 4 is 53.5 Å². The van der Waals surface area contributed by atoms with Crippen LogP contribution in [-0.2, 0) is 6.54 Å². The molecular weight excluding hydrogens is 433 g/mol. The summed E-state index contributed by atoms with van der Waals surface area (Å²) in [6.07, 6.45) is 0. The monoisotopic (exact) mass is 439 g/mol. The van der Waals surface area contributed by atoms with Gasteiger partial charge in [0.15, 0.2) is 4.67 Å². The van der Waals surface area contributed by atoms with Crippen LogP contribution in [0.3, 0.4) is 0 Å². The van der Waals surface area contributed by atoms with Crippen LogP contribution in [0.2, 0.25) is 0 Å². The summed E-state index contributed by atoms with van der Waals surface area (Å²) in [5.41, 5.74) is 1.72. The smallest absolute Gasteiger partial charge is 0.183 e. The van der Waals surface area contributed by atoms with E-state index in [1.54, 1.807) is 6.07 Å². The normalized spacial score (nSPS) is 10.7. The Hall–Kier alpha value is -0.330. The molecule has 0 unspecified atom stereocenters. The van der Waals surface area contributed by atoms with E-state index in [-0.39, 0.29) is 5.82 Å². The summed E-state index contributed by atoms with van der Waals surface area (Å²) in [4.78, 5) is 0. The molecule has 2 rings (SSSR count). The molecule has 1 N–H and O–H groups in total. The molecular formula is C12H9Br3FNO. The summed E-state index contributed by atoms with van der Waals surface area (Å²) in [7, 11) is 0. The van der Waals surface area contributed by atoms with Gasteiger partial charge in [0.2, 0.25) is 0 Å². The van der Waals surface area contributed by atoms with E-state index in [2.05, 4.69) is 53.1 Å². The fraction of sp³-hybridized carbons (Fsp3) is 0.167. The molecule has 1 aromatic carbocycles. The zero-order valence-corrected chi connectivity index (χ0v) is 14.1. The van der Waals surface area contributed by atoms with Crippen LogP contribution in [0.1, 0.15) is 11.3 Å². The van der Waals surface area contributed by atoms with E-state index in [9.17, 15) is 4.39 Å². The van der Waals surface area contributed by atoms with Crippen LogP contribution in [0.25, 0.3) is 0 Å². The number of nitrogens with one attached hydrogen (secondary N) is 1. The van der Waals surface area contributed by atoms with E-state index in [4.69, 9.17) is 4.42 Å². The second kappa shape index (κ2) is 5.75. The lowest BCUT2D eigenvalue weighted by Crippen LogP contribution is -2.00. The van der Waals surface area contributed by atoms with Gasteiger partial charge in [-0.2, -0.15) is 0 Å². The summed E-state index contributed by atoms with van der Waals surface area (Å²) in [6, 6.07) is 5.09. The summed E-state index contributed by atoms with van der Waals surface area (Å²) < 4.78 is 20.7. The maximum atomic E-state index is 13.3. The molecule has 2 aromatic rings. The third-order valence-electron chi connectivity index (χ3n) is 2.42. The Kier molecular flexibility index (Phi) is 4.50. The number of benzene rings is 1. The van der Waals surface area contributed by atoms with Crippen molar-refractivity contribution in [2.75, 3.05) is 5.32 Å². The third-order valence-corrected chi connectivity index (χ3v) is 4.73. The van der Waals surface area contributed by atoms with E-state index >= 15 is 0 Å². The number of rotatable bonds is 3. The second-order valence-corrected chi connectivity index (χ2v) is 6.20. The molecule has 0 saturated heterocycles. The van der Waals surface area contributed by atoms with E-state index < -0.39 is 0 Å². The highest BCUT2D eigenvalue weighted by Crippen LogP contribution is 2.28. The zero-order valence-electron chi connectivity index (χ0n) is 9.36. The van der Waals surface area contributed by atoms with Crippen LogP contribution in [-0.4, -0.2) is 0 Å². The molecule has 96 valence electrons. The van der Waals surface area contributed by atoms with E-state index in [0.29, 0.717) is 15.7 Å². The minimum absolute atomic E-state index is 0.262. The Morgan fingerprint density at radius 2 is 1.89 bits per heavy atom. The molecule has 2 nitrogen and oxygen atoms in total. The van der Waals surface area contributed by atoms with Crippen LogP contribution in [0, 0.1) is 12.7 Å². The molecule has 0 spiro atoms. The number of aryl methyl sites for hydroxylation is 1. The van der Waals surface area contributed by atoms with Crippen molar-refractivity contribution in [3.8, 4) is 0 Å². The first-order chi connectivity index (χ1) is 8.47. The summed E-state index contributed by atoms with van der Waals surface area (Å²) >= 11 is 9.80. The van der Waals surface area contributed by atoms with Crippen molar-refractivity contribution in [3.05, 3.63) is 49.0 Å². The number of hydrogen-bond acceptors (Lipinski definition) is 2. The van der Waals surface area contributed by atoms with Crippen molar-refractivity contribution in [1.29, 1.82) is 0 Å². The van der Waals surface area contributed by atoms with Crippen molar-refractivity contribution in [2.45, 2.75) is 13.5 Å². The average Bonchev–Trinajstić information content (AvgIpc) is 2.62. The molecule has 0 atom stereocenters. The first-order valence-corrected chi connectivity index (χ1v) is 7.48. The molecule has 1 heterocycles. The summed E-state index contributed by atoms with van der Waals surface area (Å²) in [5, 5.41) is 3.21.